The average molecular weight is 198 g/mol. The van der Waals surface area contributed by atoms with Crippen LogP contribution in [0.15, 0.2) is 30.6 Å². The van der Waals surface area contributed by atoms with Gasteiger partial charge in [-0.2, -0.15) is 0 Å². The van der Waals surface area contributed by atoms with Gasteiger partial charge < -0.3 is 0 Å². The maximum atomic E-state index is 13.2. The first-order valence-corrected chi connectivity index (χ1v) is 3.97. The fraction of sp³-hybridized carbons (Fsp3) is 0. The molecule has 1 heterocycles. The first-order valence-electron chi connectivity index (χ1n) is 3.59. The van der Waals surface area contributed by atoms with E-state index in [1.54, 1.807) is 6.20 Å². The summed E-state index contributed by atoms with van der Waals surface area (Å²) in [4.78, 5) is 0. The Morgan fingerprint density at radius 1 is 1.38 bits per heavy atom. The normalized spacial score (nSPS) is 10.3. The molecule has 5 heteroatoms. The van der Waals surface area contributed by atoms with Crippen molar-refractivity contribution in [3.63, 3.8) is 0 Å². The third-order valence-corrected chi connectivity index (χ3v) is 1.81. The highest BCUT2D eigenvalue weighted by molar-refractivity contribution is 6.30. The largest absolute Gasteiger partial charge is 0.218 e. The molecule has 66 valence electrons. The molecule has 0 amide bonds. The lowest BCUT2D eigenvalue weighted by Gasteiger charge is -2.01. The quantitative estimate of drug-likeness (QED) is 0.701. The molecule has 0 unspecified atom stereocenters. The monoisotopic (exact) mass is 197 g/mol. The van der Waals surface area contributed by atoms with E-state index in [1.165, 1.54) is 29.1 Å². The molecule has 13 heavy (non-hydrogen) atoms. The highest BCUT2D eigenvalue weighted by Gasteiger charge is 2.04. The lowest BCUT2D eigenvalue weighted by atomic mass is 10.3. The van der Waals surface area contributed by atoms with Gasteiger partial charge in [0.1, 0.15) is 11.5 Å². The summed E-state index contributed by atoms with van der Waals surface area (Å²) in [7, 11) is 0. The van der Waals surface area contributed by atoms with Crippen molar-refractivity contribution in [2.45, 2.75) is 0 Å². The Bertz CT molecular complexity index is 413. The van der Waals surface area contributed by atoms with E-state index < -0.39 is 0 Å². The van der Waals surface area contributed by atoms with Gasteiger partial charge >= 0.3 is 0 Å². The molecule has 0 saturated heterocycles. The van der Waals surface area contributed by atoms with Crippen molar-refractivity contribution in [3.05, 3.63) is 41.4 Å². The van der Waals surface area contributed by atoms with Crippen LogP contribution in [0.25, 0.3) is 5.69 Å². The molecule has 0 saturated carbocycles. The summed E-state index contributed by atoms with van der Waals surface area (Å²) in [6.07, 6.45) is 3.02. The summed E-state index contributed by atoms with van der Waals surface area (Å²) in [6, 6.07) is 4.27. The van der Waals surface area contributed by atoms with Crippen LogP contribution in [-0.4, -0.2) is 15.0 Å². The number of benzene rings is 1. The van der Waals surface area contributed by atoms with Gasteiger partial charge in [0.2, 0.25) is 0 Å². The third kappa shape index (κ3) is 1.53. The zero-order valence-corrected chi connectivity index (χ0v) is 7.24. The Balaban J connectivity index is 2.57. The van der Waals surface area contributed by atoms with Gasteiger partial charge in [-0.3, -0.25) is 0 Å². The molecule has 0 aliphatic carbocycles. The zero-order chi connectivity index (χ0) is 9.26. The highest BCUT2D eigenvalue weighted by Crippen LogP contribution is 2.17. The maximum Gasteiger partial charge on any atom is 0.149 e. The number of halogens is 2. The predicted octanol–water partition coefficient (Wildman–Crippen LogP) is 2.06. The standard InChI is InChI=1S/C8H5ClFN3/c9-6-1-2-7(10)8(5-6)13-4-3-11-12-13/h1-5H. The molecule has 0 bridgehead atoms. The molecule has 3 nitrogen and oxygen atoms in total. The van der Waals surface area contributed by atoms with Crippen molar-refractivity contribution >= 4 is 11.6 Å². The smallest absolute Gasteiger partial charge is 0.149 e. The minimum absolute atomic E-state index is 0.296. The second-order valence-electron chi connectivity index (χ2n) is 2.44. The van der Waals surface area contributed by atoms with E-state index in [4.69, 9.17) is 11.6 Å². The molecule has 0 atom stereocenters. The van der Waals surface area contributed by atoms with Gasteiger partial charge in [0.15, 0.2) is 0 Å². The van der Waals surface area contributed by atoms with Crippen LogP contribution in [0.1, 0.15) is 0 Å². The number of rotatable bonds is 1. The Morgan fingerprint density at radius 3 is 2.92 bits per heavy atom. The van der Waals surface area contributed by atoms with Crippen LogP contribution in [0.4, 0.5) is 4.39 Å². The van der Waals surface area contributed by atoms with Gasteiger partial charge in [-0.25, -0.2) is 9.07 Å². The lowest BCUT2D eigenvalue weighted by molar-refractivity contribution is 0.607. The maximum absolute atomic E-state index is 13.2. The Hall–Kier alpha value is -1.42. The first-order chi connectivity index (χ1) is 6.27. The molecular weight excluding hydrogens is 193 g/mol. The van der Waals surface area contributed by atoms with Crippen LogP contribution in [0.2, 0.25) is 5.02 Å². The molecule has 0 aliphatic heterocycles. The molecule has 0 radical (unpaired) electrons. The molecular formula is C8H5ClFN3. The fourth-order valence-corrected chi connectivity index (χ4v) is 1.16. The predicted molar refractivity (Wildman–Crippen MR) is 46.3 cm³/mol. The minimum atomic E-state index is -0.380. The summed E-state index contributed by atoms with van der Waals surface area (Å²) < 4.78 is 14.5. The van der Waals surface area contributed by atoms with E-state index in [1.807, 2.05) is 0 Å². The summed E-state index contributed by atoms with van der Waals surface area (Å²) in [5, 5.41) is 7.69. The number of hydrogen-bond donors (Lipinski definition) is 0. The summed E-state index contributed by atoms with van der Waals surface area (Å²) in [5.41, 5.74) is 0.296. The molecule has 0 N–H and O–H groups in total. The summed E-state index contributed by atoms with van der Waals surface area (Å²) in [5.74, 6) is -0.380. The van der Waals surface area contributed by atoms with E-state index in [0.717, 1.165) is 0 Å². The minimum Gasteiger partial charge on any atom is -0.218 e. The second kappa shape index (κ2) is 3.14. The van der Waals surface area contributed by atoms with E-state index in [0.29, 0.717) is 10.7 Å². The molecule has 0 spiro atoms. The van der Waals surface area contributed by atoms with Crippen molar-refractivity contribution in [3.8, 4) is 5.69 Å². The highest BCUT2D eigenvalue weighted by atomic mass is 35.5. The summed E-state index contributed by atoms with van der Waals surface area (Å²) >= 11 is 5.71. The molecule has 0 fully saturated rings. The summed E-state index contributed by atoms with van der Waals surface area (Å²) in [6.45, 7) is 0. The van der Waals surface area contributed by atoms with E-state index >= 15 is 0 Å². The molecule has 2 rings (SSSR count). The van der Waals surface area contributed by atoms with Crippen molar-refractivity contribution in [2.24, 2.45) is 0 Å². The van der Waals surface area contributed by atoms with Crippen LogP contribution in [-0.2, 0) is 0 Å². The van der Waals surface area contributed by atoms with Crippen LogP contribution in [0.5, 0.6) is 0 Å². The van der Waals surface area contributed by atoms with Gasteiger partial charge in [0.25, 0.3) is 0 Å². The van der Waals surface area contributed by atoms with E-state index in [-0.39, 0.29) is 5.82 Å². The van der Waals surface area contributed by atoms with Crippen LogP contribution < -0.4 is 0 Å². The number of nitrogens with zero attached hydrogens (tertiary/aromatic N) is 3. The van der Waals surface area contributed by atoms with Crippen LogP contribution in [0, 0.1) is 5.82 Å². The molecule has 1 aromatic heterocycles. The molecule has 2 aromatic rings. The molecule has 0 aliphatic rings. The molecule has 1 aromatic carbocycles. The van der Waals surface area contributed by atoms with Gasteiger partial charge in [-0.15, -0.1) is 5.10 Å². The Morgan fingerprint density at radius 2 is 2.23 bits per heavy atom. The van der Waals surface area contributed by atoms with Crippen molar-refractivity contribution in [1.29, 1.82) is 0 Å². The zero-order valence-electron chi connectivity index (χ0n) is 6.48. The second-order valence-corrected chi connectivity index (χ2v) is 2.88. The lowest BCUT2D eigenvalue weighted by Crippen LogP contribution is -1.98. The SMILES string of the molecule is Fc1ccc(Cl)cc1-n1ccnn1. The van der Waals surface area contributed by atoms with Crippen LogP contribution >= 0.6 is 11.6 Å². The van der Waals surface area contributed by atoms with Gasteiger partial charge in [0, 0.05) is 5.02 Å². The van der Waals surface area contributed by atoms with Crippen molar-refractivity contribution < 1.29 is 4.39 Å². The Kier molecular flexibility index (Phi) is 1.98. The van der Waals surface area contributed by atoms with E-state index in [9.17, 15) is 4.39 Å². The first kappa shape index (κ1) is 8.19. The fourth-order valence-electron chi connectivity index (χ4n) is 0.998. The van der Waals surface area contributed by atoms with Gasteiger partial charge in [-0.05, 0) is 18.2 Å². The van der Waals surface area contributed by atoms with Gasteiger partial charge in [-0.1, -0.05) is 16.8 Å². The third-order valence-electron chi connectivity index (χ3n) is 1.58. The van der Waals surface area contributed by atoms with Crippen molar-refractivity contribution in [1.82, 2.24) is 15.0 Å². The van der Waals surface area contributed by atoms with E-state index in [2.05, 4.69) is 10.3 Å². The number of hydrogen-bond acceptors (Lipinski definition) is 2. The van der Waals surface area contributed by atoms with Crippen LogP contribution in [0.3, 0.4) is 0 Å². The average Bonchev–Trinajstić information content (AvgIpc) is 2.61. The van der Waals surface area contributed by atoms with Gasteiger partial charge in [0.05, 0.1) is 12.4 Å². The topological polar surface area (TPSA) is 30.7 Å². The Labute approximate surface area is 78.8 Å². The van der Waals surface area contributed by atoms with Crippen molar-refractivity contribution in [2.75, 3.05) is 0 Å². The number of aromatic nitrogens is 3.